The van der Waals surface area contributed by atoms with E-state index in [1.54, 1.807) is 19.1 Å². The van der Waals surface area contributed by atoms with Crippen molar-refractivity contribution in [3.05, 3.63) is 77.1 Å². The Bertz CT molecular complexity index is 1110. The molecule has 0 fully saturated rings. The molecule has 0 bridgehead atoms. The van der Waals surface area contributed by atoms with E-state index in [2.05, 4.69) is 15.6 Å². The topological polar surface area (TPSA) is 104 Å². The number of para-hydroxylation sites is 2. The lowest BCUT2D eigenvalue weighted by molar-refractivity contribution is -0.126. The predicted molar refractivity (Wildman–Crippen MR) is 125 cm³/mol. The van der Waals surface area contributed by atoms with Gasteiger partial charge in [-0.25, -0.2) is 0 Å². The van der Waals surface area contributed by atoms with Crippen LogP contribution in [0.15, 0.2) is 59.8 Å². The Labute approximate surface area is 188 Å². The van der Waals surface area contributed by atoms with Gasteiger partial charge in [-0.05, 0) is 57.5 Å². The molecule has 0 aliphatic heterocycles. The van der Waals surface area contributed by atoms with Gasteiger partial charge in [0.25, 0.3) is 5.91 Å². The molecule has 2 aromatic carbocycles. The first-order chi connectivity index (χ1) is 15.4. The van der Waals surface area contributed by atoms with Crippen LogP contribution in [0.1, 0.15) is 36.4 Å². The van der Waals surface area contributed by atoms with Crippen LogP contribution in [-0.2, 0) is 16.2 Å². The Morgan fingerprint density at radius 1 is 1.19 bits per heavy atom. The third-order valence-electron chi connectivity index (χ3n) is 4.78. The molecule has 0 radical (unpaired) electrons. The smallest absolute Gasteiger partial charge is 0.268 e. The van der Waals surface area contributed by atoms with Crippen LogP contribution >= 0.6 is 0 Å². The molecule has 0 aliphatic rings. The minimum Gasteiger partial charge on any atom is -0.492 e. The summed E-state index contributed by atoms with van der Waals surface area (Å²) < 4.78 is 7.46. The number of amides is 1. The molecule has 1 amide bonds. The average molecular weight is 436 g/mol. The second-order valence-electron chi connectivity index (χ2n) is 7.43. The van der Waals surface area contributed by atoms with E-state index >= 15 is 0 Å². The maximum atomic E-state index is 12.5. The van der Waals surface area contributed by atoms with Crippen molar-refractivity contribution < 1.29 is 14.4 Å². The molecule has 3 rings (SSSR count). The van der Waals surface area contributed by atoms with Crippen LogP contribution in [0.25, 0.3) is 0 Å². The molecule has 1 atom stereocenters. The van der Waals surface area contributed by atoms with Crippen LogP contribution in [0.5, 0.6) is 5.75 Å². The van der Waals surface area contributed by atoms with Crippen LogP contribution < -0.4 is 15.8 Å². The Morgan fingerprint density at radius 2 is 1.97 bits per heavy atom. The number of carbonyl (C=O) groups excluding carboxylic acids is 1. The molecule has 8 nitrogen and oxygen atoms in total. The first-order valence-corrected chi connectivity index (χ1v) is 10.5. The largest absolute Gasteiger partial charge is 0.492 e. The summed E-state index contributed by atoms with van der Waals surface area (Å²) in [6.45, 7) is 8.60. The molecular weight excluding hydrogens is 406 g/mol. The van der Waals surface area contributed by atoms with Crippen molar-refractivity contribution in [3.8, 4) is 5.75 Å². The second kappa shape index (κ2) is 10.5. The summed E-state index contributed by atoms with van der Waals surface area (Å²) in [4.78, 5) is 17.9. The maximum Gasteiger partial charge on any atom is 0.268 e. The molecule has 8 heteroatoms. The van der Waals surface area contributed by atoms with Crippen molar-refractivity contribution in [1.82, 2.24) is 9.78 Å². The number of carbonyl (C=O) groups is 1. The van der Waals surface area contributed by atoms with Crippen molar-refractivity contribution >= 4 is 17.4 Å². The zero-order valence-corrected chi connectivity index (χ0v) is 18.8. The van der Waals surface area contributed by atoms with E-state index in [4.69, 9.17) is 15.3 Å². The van der Waals surface area contributed by atoms with Gasteiger partial charge in [-0.3, -0.25) is 9.48 Å². The van der Waals surface area contributed by atoms with E-state index in [9.17, 15) is 4.79 Å². The lowest BCUT2D eigenvalue weighted by atomic mass is 10.1. The van der Waals surface area contributed by atoms with Gasteiger partial charge in [-0.1, -0.05) is 35.5 Å². The maximum absolute atomic E-state index is 12.5. The third-order valence-corrected chi connectivity index (χ3v) is 4.78. The van der Waals surface area contributed by atoms with Crippen molar-refractivity contribution in [3.63, 3.8) is 0 Å². The molecule has 0 saturated carbocycles. The zero-order chi connectivity index (χ0) is 23.1. The van der Waals surface area contributed by atoms with Gasteiger partial charge in [0, 0.05) is 11.3 Å². The van der Waals surface area contributed by atoms with Crippen LogP contribution in [-0.4, -0.2) is 34.2 Å². The molecule has 32 heavy (non-hydrogen) atoms. The van der Waals surface area contributed by atoms with Gasteiger partial charge in [0.15, 0.2) is 5.84 Å². The van der Waals surface area contributed by atoms with Crippen LogP contribution in [0, 0.1) is 13.8 Å². The lowest BCUT2D eigenvalue weighted by Gasteiger charge is -2.14. The van der Waals surface area contributed by atoms with E-state index in [-0.39, 0.29) is 11.7 Å². The fraction of sp³-hybridized carbons (Fsp3) is 0.292. The molecule has 3 aromatic rings. The normalized spacial score (nSPS) is 12.3. The Balaban J connectivity index is 1.63. The lowest BCUT2D eigenvalue weighted by Crippen LogP contribution is -2.27. The number of aromatic nitrogens is 2. The molecule has 3 N–H and O–H groups in total. The van der Waals surface area contributed by atoms with Crippen LogP contribution in [0.2, 0.25) is 0 Å². The summed E-state index contributed by atoms with van der Waals surface area (Å²) in [6, 6.07) is 16.9. The minimum atomic E-state index is -0.846. The highest BCUT2D eigenvalue weighted by Crippen LogP contribution is 2.24. The minimum absolute atomic E-state index is 0.189. The molecule has 168 valence electrons. The Morgan fingerprint density at radius 3 is 2.69 bits per heavy atom. The number of ether oxygens (including phenoxy) is 1. The molecular formula is C24H29N5O3. The fourth-order valence-corrected chi connectivity index (χ4v) is 3.16. The quantitative estimate of drug-likeness (QED) is 0.304. The zero-order valence-electron chi connectivity index (χ0n) is 18.8. The first kappa shape index (κ1) is 22.9. The monoisotopic (exact) mass is 435 g/mol. The number of nitrogens with two attached hydrogens (primary N) is 1. The van der Waals surface area contributed by atoms with Gasteiger partial charge < -0.3 is 20.6 Å². The van der Waals surface area contributed by atoms with Gasteiger partial charge in [-0.2, -0.15) is 5.10 Å². The van der Waals surface area contributed by atoms with E-state index in [1.165, 1.54) is 0 Å². The predicted octanol–water partition coefficient (Wildman–Crippen LogP) is 3.61. The Kier molecular flexibility index (Phi) is 7.49. The van der Waals surface area contributed by atoms with Crippen molar-refractivity contribution in [2.75, 3.05) is 11.9 Å². The Hall–Kier alpha value is -3.81. The number of nitrogens with one attached hydrogen (secondary N) is 1. The summed E-state index contributed by atoms with van der Waals surface area (Å²) in [7, 11) is 0. The van der Waals surface area contributed by atoms with Crippen molar-refractivity contribution in [2.45, 2.75) is 40.3 Å². The molecule has 1 aromatic heterocycles. The van der Waals surface area contributed by atoms with Crippen molar-refractivity contribution in [2.24, 2.45) is 10.9 Å². The number of benzene rings is 2. The summed E-state index contributed by atoms with van der Waals surface area (Å²) in [5, 5.41) is 11.2. The number of hydrogen-bond acceptors (Lipinski definition) is 5. The number of nitrogens with zero attached hydrogens (tertiary/aromatic N) is 3. The number of amidine groups is 1. The molecule has 0 saturated heterocycles. The second-order valence-corrected chi connectivity index (χ2v) is 7.43. The van der Waals surface area contributed by atoms with Gasteiger partial charge in [0.1, 0.15) is 5.75 Å². The highest BCUT2D eigenvalue weighted by Gasteiger charge is 2.17. The van der Waals surface area contributed by atoms with Gasteiger partial charge in [-0.15, -0.1) is 0 Å². The van der Waals surface area contributed by atoms with Crippen molar-refractivity contribution in [1.29, 1.82) is 0 Å². The number of aryl methyl sites for hydroxylation is 2. The van der Waals surface area contributed by atoms with Gasteiger partial charge >= 0.3 is 0 Å². The van der Waals surface area contributed by atoms with E-state index < -0.39 is 6.10 Å². The molecule has 0 aliphatic carbocycles. The van der Waals surface area contributed by atoms with Gasteiger partial charge in [0.2, 0.25) is 6.10 Å². The van der Waals surface area contributed by atoms with Gasteiger partial charge in [0.05, 0.1) is 24.5 Å². The van der Waals surface area contributed by atoms with E-state index in [1.807, 2.05) is 67.9 Å². The highest BCUT2D eigenvalue weighted by molar-refractivity contribution is 5.98. The number of hydrogen-bond donors (Lipinski definition) is 2. The highest BCUT2D eigenvalue weighted by atomic mass is 16.6. The molecule has 0 spiro atoms. The molecule has 1 heterocycles. The number of anilines is 1. The summed E-state index contributed by atoms with van der Waals surface area (Å²) >= 11 is 0. The number of oxime groups is 1. The van der Waals surface area contributed by atoms with Crippen LogP contribution in [0.4, 0.5) is 5.69 Å². The summed E-state index contributed by atoms with van der Waals surface area (Å²) in [5.74, 6) is 0.430. The van der Waals surface area contributed by atoms with Crippen LogP contribution in [0.3, 0.4) is 0 Å². The SMILES string of the molecule is CCOc1ccccc1NC(=O)C(C)ON=C(N)c1cccc(Cn2nc(C)cc2C)c1. The standard InChI is InChI=1S/C24H29N5O3/c1-5-31-22-12-7-6-11-21(22)26-24(30)18(4)32-28-23(25)20-10-8-9-19(14-20)15-29-17(3)13-16(2)27-29/h6-14,18H,5,15H2,1-4H3,(H2,25,28)(H,26,30). The average Bonchev–Trinajstić information content (AvgIpc) is 3.09. The summed E-state index contributed by atoms with van der Waals surface area (Å²) in [6.07, 6.45) is -0.846. The fourth-order valence-electron chi connectivity index (χ4n) is 3.16. The molecule has 1 unspecified atom stereocenters. The third kappa shape index (κ3) is 5.87. The number of rotatable bonds is 9. The van der Waals surface area contributed by atoms with E-state index in [0.29, 0.717) is 30.2 Å². The van der Waals surface area contributed by atoms with E-state index in [0.717, 1.165) is 17.0 Å². The first-order valence-electron chi connectivity index (χ1n) is 10.5. The summed E-state index contributed by atoms with van der Waals surface area (Å²) in [5.41, 5.74) is 10.5.